The lowest BCUT2D eigenvalue weighted by atomic mass is 9.96. The van der Waals surface area contributed by atoms with Gasteiger partial charge in [0.05, 0.1) is 5.75 Å². The average Bonchev–Trinajstić information content (AvgIpc) is 2.29. The first-order valence-corrected chi connectivity index (χ1v) is 8.89. The molecule has 0 aromatic heterocycles. The van der Waals surface area contributed by atoms with Crippen LogP contribution in [0.25, 0.3) is 0 Å². The van der Waals surface area contributed by atoms with Gasteiger partial charge in [-0.15, -0.1) is 0 Å². The summed E-state index contributed by atoms with van der Waals surface area (Å²) in [5.74, 6) is 0.300. The molecule has 3 nitrogen and oxygen atoms in total. The van der Waals surface area contributed by atoms with E-state index in [1.807, 2.05) is 24.3 Å². The zero-order valence-corrected chi connectivity index (χ0v) is 13.3. The van der Waals surface area contributed by atoms with Gasteiger partial charge in [0.25, 0.3) is 0 Å². The van der Waals surface area contributed by atoms with Crippen LogP contribution in [0.4, 0.5) is 0 Å². The molecular formula is C14H22ClNO2S. The van der Waals surface area contributed by atoms with Gasteiger partial charge in [0.1, 0.15) is 9.84 Å². The summed E-state index contributed by atoms with van der Waals surface area (Å²) in [6.07, 6.45) is 1.86. The molecule has 1 aromatic carbocycles. The van der Waals surface area contributed by atoms with Crippen molar-refractivity contribution in [1.29, 1.82) is 0 Å². The SMILES string of the molecule is CC(C)NCC(CCS(C)(=O)=O)c1ccccc1Cl. The molecule has 0 heterocycles. The summed E-state index contributed by atoms with van der Waals surface area (Å²) < 4.78 is 22.7. The molecule has 0 aliphatic rings. The quantitative estimate of drug-likeness (QED) is 0.842. The number of hydrogen-bond donors (Lipinski definition) is 1. The molecule has 0 amide bonds. The lowest BCUT2D eigenvalue weighted by Crippen LogP contribution is -2.29. The van der Waals surface area contributed by atoms with Gasteiger partial charge in [-0.2, -0.15) is 0 Å². The summed E-state index contributed by atoms with van der Waals surface area (Å²) in [7, 11) is -2.95. The van der Waals surface area contributed by atoms with Crippen molar-refractivity contribution in [3.63, 3.8) is 0 Å². The van der Waals surface area contributed by atoms with Gasteiger partial charge in [-0.1, -0.05) is 43.6 Å². The van der Waals surface area contributed by atoms with Gasteiger partial charge in [0, 0.05) is 23.9 Å². The molecule has 0 saturated heterocycles. The van der Waals surface area contributed by atoms with Crippen molar-refractivity contribution >= 4 is 21.4 Å². The van der Waals surface area contributed by atoms with Gasteiger partial charge in [-0.3, -0.25) is 0 Å². The average molecular weight is 304 g/mol. The molecule has 0 radical (unpaired) electrons. The molecule has 1 rings (SSSR count). The number of sulfone groups is 1. The van der Waals surface area contributed by atoms with Crippen molar-refractivity contribution in [3.05, 3.63) is 34.9 Å². The third-order valence-electron chi connectivity index (χ3n) is 2.95. The molecule has 0 fully saturated rings. The highest BCUT2D eigenvalue weighted by Crippen LogP contribution is 2.27. The van der Waals surface area contributed by atoms with E-state index in [1.165, 1.54) is 6.26 Å². The van der Waals surface area contributed by atoms with Crippen LogP contribution in [-0.4, -0.2) is 33.0 Å². The molecule has 1 aromatic rings. The summed E-state index contributed by atoms with van der Waals surface area (Å²) in [6.45, 7) is 4.87. The highest BCUT2D eigenvalue weighted by Gasteiger charge is 2.17. The normalized spacial score (nSPS) is 13.7. The summed E-state index contributed by atoms with van der Waals surface area (Å²) in [5.41, 5.74) is 1.01. The first-order chi connectivity index (χ1) is 8.79. The van der Waals surface area contributed by atoms with Crippen LogP contribution in [-0.2, 0) is 9.84 Å². The Hall–Kier alpha value is -0.580. The molecule has 1 unspecified atom stereocenters. The Morgan fingerprint density at radius 1 is 1.26 bits per heavy atom. The second kappa shape index (κ2) is 7.27. The predicted octanol–water partition coefficient (Wildman–Crippen LogP) is 2.86. The van der Waals surface area contributed by atoms with Gasteiger partial charge in [0.15, 0.2) is 0 Å². The van der Waals surface area contributed by atoms with E-state index in [0.29, 0.717) is 17.5 Å². The lowest BCUT2D eigenvalue weighted by Gasteiger charge is -2.20. The van der Waals surface area contributed by atoms with E-state index in [9.17, 15) is 8.42 Å². The number of hydrogen-bond acceptors (Lipinski definition) is 3. The van der Waals surface area contributed by atoms with E-state index in [-0.39, 0.29) is 11.7 Å². The summed E-state index contributed by atoms with van der Waals surface area (Å²) in [5, 5.41) is 4.05. The van der Waals surface area contributed by atoms with Gasteiger partial charge in [0.2, 0.25) is 0 Å². The summed E-state index contributed by atoms with van der Waals surface area (Å²) >= 11 is 6.21. The van der Waals surface area contributed by atoms with Crippen LogP contribution in [0.1, 0.15) is 31.7 Å². The third-order valence-corrected chi connectivity index (χ3v) is 4.28. The Balaban J connectivity index is 2.83. The number of halogens is 1. The van der Waals surface area contributed by atoms with E-state index in [0.717, 1.165) is 12.1 Å². The fourth-order valence-electron chi connectivity index (χ4n) is 1.91. The Bertz CT molecular complexity index is 500. The molecule has 1 atom stereocenters. The standard InChI is InChI=1S/C14H22ClNO2S/c1-11(2)16-10-12(8-9-19(3,17)18)13-6-4-5-7-14(13)15/h4-7,11-12,16H,8-10H2,1-3H3. The Labute approximate surface area is 121 Å². The van der Waals surface area contributed by atoms with Crippen LogP contribution in [0.2, 0.25) is 5.02 Å². The van der Waals surface area contributed by atoms with Gasteiger partial charge < -0.3 is 5.32 Å². The number of benzene rings is 1. The highest BCUT2D eigenvalue weighted by atomic mass is 35.5. The molecule has 0 aliphatic heterocycles. The molecule has 1 N–H and O–H groups in total. The minimum absolute atomic E-state index is 0.117. The van der Waals surface area contributed by atoms with Gasteiger partial charge in [-0.05, 0) is 24.0 Å². The van der Waals surface area contributed by atoms with Crippen LogP contribution in [0.15, 0.2) is 24.3 Å². The van der Waals surface area contributed by atoms with Crippen molar-refractivity contribution in [2.45, 2.75) is 32.2 Å². The van der Waals surface area contributed by atoms with Crippen molar-refractivity contribution in [2.24, 2.45) is 0 Å². The minimum atomic E-state index is -2.95. The number of nitrogens with one attached hydrogen (secondary N) is 1. The zero-order valence-electron chi connectivity index (χ0n) is 11.7. The van der Waals surface area contributed by atoms with Gasteiger partial charge >= 0.3 is 0 Å². The Kier molecular flexibility index (Phi) is 6.30. The smallest absolute Gasteiger partial charge is 0.147 e. The molecule has 0 aliphatic carbocycles. The van der Waals surface area contributed by atoms with Crippen LogP contribution in [0, 0.1) is 0 Å². The summed E-state index contributed by atoms with van der Waals surface area (Å²) in [4.78, 5) is 0. The second-order valence-corrected chi connectivity index (χ2v) is 7.87. The van der Waals surface area contributed by atoms with Crippen LogP contribution < -0.4 is 5.32 Å². The molecule has 0 spiro atoms. The van der Waals surface area contributed by atoms with Crippen molar-refractivity contribution in [2.75, 3.05) is 18.6 Å². The first-order valence-electron chi connectivity index (χ1n) is 6.45. The lowest BCUT2D eigenvalue weighted by molar-refractivity contribution is 0.517. The Morgan fingerprint density at radius 2 is 1.89 bits per heavy atom. The highest BCUT2D eigenvalue weighted by molar-refractivity contribution is 7.90. The fraction of sp³-hybridized carbons (Fsp3) is 0.571. The first kappa shape index (κ1) is 16.5. The molecule has 5 heteroatoms. The maximum atomic E-state index is 11.3. The fourth-order valence-corrected chi connectivity index (χ4v) is 2.91. The zero-order chi connectivity index (χ0) is 14.5. The van der Waals surface area contributed by atoms with Crippen LogP contribution in [0.5, 0.6) is 0 Å². The number of rotatable bonds is 7. The third kappa shape index (κ3) is 6.41. The van der Waals surface area contributed by atoms with E-state index in [1.54, 1.807) is 0 Å². The topological polar surface area (TPSA) is 46.2 Å². The van der Waals surface area contributed by atoms with E-state index in [2.05, 4.69) is 19.2 Å². The van der Waals surface area contributed by atoms with Crippen molar-refractivity contribution in [1.82, 2.24) is 5.32 Å². The molecular weight excluding hydrogens is 282 g/mol. The van der Waals surface area contributed by atoms with E-state index in [4.69, 9.17) is 11.6 Å². The molecule has 0 saturated carbocycles. The van der Waals surface area contributed by atoms with Crippen molar-refractivity contribution < 1.29 is 8.42 Å². The Morgan fingerprint density at radius 3 is 2.42 bits per heavy atom. The molecule has 19 heavy (non-hydrogen) atoms. The minimum Gasteiger partial charge on any atom is -0.314 e. The maximum absolute atomic E-state index is 11.3. The largest absolute Gasteiger partial charge is 0.314 e. The van der Waals surface area contributed by atoms with Crippen molar-refractivity contribution in [3.8, 4) is 0 Å². The van der Waals surface area contributed by atoms with Gasteiger partial charge in [-0.25, -0.2) is 8.42 Å². The van der Waals surface area contributed by atoms with Crippen LogP contribution in [0.3, 0.4) is 0 Å². The maximum Gasteiger partial charge on any atom is 0.147 e. The summed E-state index contributed by atoms with van der Waals surface area (Å²) in [6, 6.07) is 8.00. The predicted molar refractivity (Wildman–Crippen MR) is 81.7 cm³/mol. The van der Waals surface area contributed by atoms with E-state index < -0.39 is 9.84 Å². The monoisotopic (exact) mass is 303 g/mol. The molecule has 108 valence electrons. The van der Waals surface area contributed by atoms with Crippen LogP contribution >= 0.6 is 11.6 Å². The molecule has 0 bridgehead atoms. The van der Waals surface area contributed by atoms with E-state index >= 15 is 0 Å². The second-order valence-electron chi connectivity index (χ2n) is 5.20.